The molecule has 2 aromatic rings. The molecular formula is C51H74N4O8. The van der Waals surface area contributed by atoms with Crippen molar-refractivity contribution in [2.75, 3.05) is 32.1 Å². The minimum absolute atomic E-state index is 0.0259. The van der Waals surface area contributed by atoms with Crippen LogP contribution in [0.1, 0.15) is 131 Å². The van der Waals surface area contributed by atoms with E-state index in [0.29, 0.717) is 52.7 Å². The molecule has 4 heterocycles. The first-order valence-electron chi connectivity index (χ1n) is 23.4. The largest absolute Gasteiger partial charge is 0.507 e. The first kappa shape index (κ1) is 48.4. The number of fused-ring (bicyclic) bond motifs is 1. The maximum Gasteiger partial charge on any atom is 0.273 e. The Balaban J connectivity index is 1.55. The molecule has 4 bridgehead atoms. The molecular weight excluding hydrogens is 797 g/mol. The predicted octanol–water partition coefficient (Wildman–Crippen LogP) is 8.47. The number of hydrogen-bond donors (Lipinski definition) is 4. The molecule has 0 aliphatic carbocycles. The highest BCUT2D eigenvalue weighted by Crippen LogP contribution is 2.52. The van der Waals surface area contributed by atoms with Crippen LogP contribution in [0.3, 0.4) is 0 Å². The lowest BCUT2D eigenvalue weighted by molar-refractivity contribution is -0.237. The van der Waals surface area contributed by atoms with E-state index in [4.69, 9.17) is 19.2 Å². The van der Waals surface area contributed by atoms with Crippen LogP contribution in [-0.2, 0) is 14.3 Å². The smallest absolute Gasteiger partial charge is 0.273 e. The summed E-state index contributed by atoms with van der Waals surface area (Å²) in [5.74, 6) is -1.90. The number of allylic oxidation sites excluding steroid dienone is 4. The van der Waals surface area contributed by atoms with E-state index in [1.54, 1.807) is 40.9 Å². The number of anilines is 1. The van der Waals surface area contributed by atoms with Crippen molar-refractivity contribution in [2.45, 2.75) is 151 Å². The van der Waals surface area contributed by atoms with E-state index in [1.807, 2.05) is 25.2 Å². The Hall–Kier alpha value is -4.10. The summed E-state index contributed by atoms with van der Waals surface area (Å²) in [5, 5.41) is 39.5. The number of ketones is 1. The molecule has 1 saturated heterocycles. The normalized spacial score (nSPS) is 31.3. The fraction of sp³-hybridized carbons (Fsp3) is 0.647. The number of piperidine rings is 1. The molecule has 0 aromatic heterocycles. The molecule has 4 N–H and O–H groups in total. The molecule has 4 aliphatic heterocycles. The van der Waals surface area contributed by atoms with Crippen LogP contribution >= 0.6 is 0 Å². The van der Waals surface area contributed by atoms with Crippen molar-refractivity contribution >= 4 is 28.2 Å². The number of methoxy groups -OCH3 is 1. The molecule has 63 heavy (non-hydrogen) atoms. The number of ether oxygens (including phenoxy) is 3. The Bertz CT molecular complexity index is 2280. The molecule has 4 aliphatic rings. The zero-order valence-corrected chi connectivity index (χ0v) is 40.1. The lowest BCUT2D eigenvalue weighted by atomic mass is 9.76. The molecule has 12 heteroatoms. The highest BCUT2D eigenvalue weighted by Gasteiger charge is 2.50. The van der Waals surface area contributed by atoms with Gasteiger partial charge in [0.2, 0.25) is 5.78 Å². The van der Waals surface area contributed by atoms with Gasteiger partial charge in [0.05, 0.1) is 28.8 Å². The number of nitrogens with one attached hydrogen (secondary N) is 1. The number of phenolic OH excluding ortho intramolecular Hbond substituents is 2. The Labute approximate surface area is 374 Å². The molecule has 0 radical (unpaired) electrons. The fourth-order valence-electron chi connectivity index (χ4n) is 10.8. The number of aliphatic hydroxyl groups is 1. The first-order chi connectivity index (χ1) is 29.6. The fourth-order valence-corrected chi connectivity index (χ4v) is 10.8. The third-order valence-corrected chi connectivity index (χ3v) is 14.2. The molecule has 5 unspecified atom stereocenters. The van der Waals surface area contributed by atoms with Crippen LogP contribution in [0.2, 0.25) is 0 Å². The van der Waals surface area contributed by atoms with Crippen LogP contribution in [0, 0.1) is 42.4 Å². The van der Waals surface area contributed by atoms with Crippen LogP contribution < -0.4 is 20.8 Å². The van der Waals surface area contributed by atoms with E-state index < -0.39 is 28.7 Å². The van der Waals surface area contributed by atoms with Crippen LogP contribution in [0.15, 0.2) is 45.9 Å². The van der Waals surface area contributed by atoms with Crippen LogP contribution in [0.4, 0.5) is 5.69 Å². The van der Waals surface area contributed by atoms with E-state index in [1.165, 1.54) is 0 Å². The molecule has 6 rings (SSSR count). The van der Waals surface area contributed by atoms with Gasteiger partial charge in [-0.2, -0.15) is 0 Å². The van der Waals surface area contributed by atoms with E-state index in [9.17, 15) is 20.1 Å². The summed E-state index contributed by atoms with van der Waals surface area (Å²) in [6.07, 6.45) is 12.8. The Kier molecular flexibility index (Phi) is 14.4. The third kappa shape index (κ3) is 9.51. The Morgan fingerprint density at radius 1 is 0.984 bits per heavy atom. The number of phenols is 2. The maximum atomic E-state index is 15.2. The number of nitrogens with zero attached hydrogens (tertiary/aromatic N) is 3. The van der Waals surface area contributed by atoms with Crippen molar-refractivity contribution in [3.05, 3.63) is 57.8 Å². The molecule has 2 aromatic carbocycles. The van der Waals surface area contributed by atoms with Gasteiger partial charge in [-0.3, -0.25) is 14.6 Å². The third-order valence-electron chi connectivity index (χ3n) is 14.2. The second-order valence-corrected chi connectivity index (χ2v) is 20.1. The molecule has 1 fully saturated rings. The van der Waals surface area contributed by atoms with Crippen molar-refractivity contribution in [3.8, 4) is 17.2 Å². The number of aromatic hydroxyl groups is 2. The standard InChI is InChI=1S/C51H74N4O8/c1-14-35-20-17-21-50(15-2)47(58)38-36-37(42(56)33(9)46(38)63-50)43(57)41(40-39(36)53-51(54-40)22-24-55(25-23-51)27-28(3)4)52-48(59)30(6)19-16-18-29(5)26-31(7)44(62-49(11,12)60)34(10)45(61-13)32(35)8/h16-20,28-29,31-32,34-35,44-45,53,56-57,60H,14-15,21-27H2,1-13H3/b18-16+,20-17+,30-19-,52-41?/t29?,31?,32-,34-,35?,44?,45?,50-/m1/s1. The summed E-state index contributed by atoms with van der Waals surface area (Å²) < 4.78 is 19.5. The molecule has 12 nitrogen and oxygen atoms in total. The maximum absolute atomic E-state index is 15.2. The summed E-state index contributed by atoms with van der Waals surface area (Å²) in [6.45, 7) is 26.3. The molecule has 8 atom stereocenters. The Morgan fingerprint density at radius 3 is 2.27 bits per heavy atom. The van der Waals surface area contributed by atoms with Crippen molar-refractivity contribution in [1.29, 1.82) is 0 Å². The van der Waals surface area contributed by atoms with Crippen LogP contribution in [-0.4, -0.2) is 87.9 Å². The number of rotatable bonds is 7. The summed E-state index contributed by atoms with van der Waals surface area (Å²) in [7, 11) is 1.73. The summed E-state index contributed by atoms with van der Waals surface area (Å²) in [6, 6.07) is 0. The monoisotopic (exact) mass is 871 g/mol. The number of carbonyl (C=O) groups excluding carboxylic acids is 2. The van der Waals surface area contributed by atoms with Gasteiger partial charge in [0.1, 0.15) is 27.9 Å². The topological polar surface area (TPSA) is 163 Å². The van der Waals surface area contributed by atoms with E-state index in [-0.39, 0.29) is 81.8 Å². The van der Waals surface area contributed by atoms with Gasteiger partial charge >= 0.3 is 0 Å². The van der Waals surface area contributed by atoms with Gasteiger partial charge in [-0.1, -0.05) is 85.8 Å². The van der Waals surface area contributed by atoms with Crippen LogP contribution in [0.25, 0.3) is 10.8 Å². The minimum Gasteiger partial charge on any atom is -0.507 e. The van der Waals surface area contributed by atoms with E-state index in [2.05, 4.69) is 69.8 Å². The van der Waals surface area contributed by atoms with Crippen molar-refractivity contribution in [3.63, 3.8) is 0 Å². The number of Topliss-reactive ketones (excluding diaryl/α,β-unsaturated/α-hetero) is 1. The van der Waals surface area contributed by atoms with Gasteiger partial charge in [-0.15, -0.1) is 0 Å². The second kappa shape index (κ2) is 18.8. The van der Waals surface area contributed by atoms with Gasteiger partial charge in [0.25, 0.3) is 5.91 Å². The lowest BCUT2D eigenvalue weighted by Gasteiger charge is -2.41. The van der Waals surface area contributed by atoms with Crippen molar-refractivity contribution in [1.82, 2.24) is 4.90 Å². The SMILES string of the molecule is CCC1/C=C/C[C@@]2(CC)Oc3c(C)c(O)c4c(O)c(c5c(c4c3C2=O)NC2(CCN(CC(C)C)CC2)N=5)=NC(=O)/C(C)=C\C=C\C(C)CC(C)C(OC(C)(C)O)[C@@H](C)C(OC)[C@@H]1C. The van der Waals surface area contributed by atoms with Gasteiger partial charge in [0, 0.05) is 68.4 Å². The zero-order valence-electron chi connectivity index (χ0n) is 40.1. The summed E-state index contributed by atoms with van der Waals surface area (Å²) in [4.78, 5) is 41.4. The predicted molar refractivity (Wildman–Crippen MR) is 248 cm³/mol. The highest BCUT2D eigenvalue weighted by molar-refractivity contribution is 6.22. The summed E-state index contributed by atoms with van der Waals surface area (Å²) >= 11 is 0. The average molecular weight is 871 g/mol. The second-order valence-electron chi connectivity index (χ2n) is 20.1. The number of benzene rings is 2. The first-order valence-corrected chi connectivity index (χ1v) is 23.4. The molecule has 346 valence electrons. The van der Waals surface area contributed by atoms with Gasteiger partial charge < -0.3 is 39.7 Å². The van der Waals surface area contributed by atoms with Gasteiger partial charge in [-0.05, 0) is 76.5 Å². The van der Waals surface area contributed by atoms with Crippen molar-refractivity contribution in [2.24, 2.45) is 45.5 Å². The lowest BCUT2D eigenvalue weighted by Crippen LogP contribution is -2.47. The molecule has 0 saturated carbocycles. The Morgan fingerprint density at radius 2 is 1.67 bits per heavy atom. The summed E-state index contributed by atoms with van der Waals surface area (Å²) in [5.41, 5.74) is -0.646. The quantitative estimate of drug-likeness (QED) is 0.121. The number of hydrogen-bond acceptors (Lipinski definition) is 11. The zero-order chi connectivity index (χ0) is 46.3. The minimum atomic E-state index is -1.37. The average Bonchev–Trinajstić information content (AvgIpc) is 3.73. The van der Waals surface area contributed by atoms with E-state index >= 15 is 4.79 Å². The number of amides is 1. The van der Waals surface area contributed by atoms with Crippen molar-refractivity contribution < 1.29 is 39.1 Å². The van der Waals surface area contributed by atoms with E-state index in [0.717, 1.165) is 32.5 Å². The molecule has 1 spiro atoms. The van der Waals surface area contributed by atoms with Crippen LogP contribution in [0.5, 0.6) is 17.2 Å². The highest BCUT2D eigenvalue weighted by atomic mass is 16.6. The number of likely N-dealkylation sites (tertiary alicyclic amines) is 1. The van der Waals surface area contributed by atoms with Gasteiger partial charge in [-0.25, -0.2) is 4.99 Å². The molecule has 1 amide bonds. The number of carbonyl (C=O) groups is 2. The van der Waals surface area contributed by atoms with Gasteiger partial charge in [0.15, 0.2) is 17.1 Å².